The highest BCUT2D eigenvalue weighted by Gasteiger charge is 2.28. The molecule has 1 aromatic carbocycles. The van der Waals surface area contributed by atoms with Gasteiger partial charge >= 0.3 is 5.97 Å². The van der Waals surface area contributed by atoms with E-state index in [1.54, 1.807) is 16.8 Å². The SMILES string of the molecule is Cc1nn(C)c(C)c1C(=O)N1CCC[C@@H](c2ccc(C(=O)O)cc2)C1. The normalized spacial score (nSPS) is 17.6. The molecule has 0 radical (unpaired) electrons. The van der Waals surface area contributed by atoms with Crippen LogP contribution < -0.4 is 0 Å². The van der Waals surface area contributed by atoms with Gasteiger partial charge in [0.05, 0.1) is 16.8 Å². The second-order valence-corrected chi connectivity index (χ2v) is 6.69. The Morgan fingerprint density at radius 3 is 2.44 bits per heavy atom. The van der Waals surface area contributed by atoms with Crippen LogP contribution in [0.4, 0.5) is 0 Å². The van der Waals surface area contributed by atoms with Crippen molar-refractivity contribution in [3.8, 4) is 0 Å². The number of hydrogen-bond donors (Lipinski definition) is 1. The maximum atomic E-state index is 13.0. The van der Waals surface area contributed by atoms with Crippen molar-refractivity contribution in [1.29, 1.82) is 0 Å². The van der Waals surface area contributed by atoms with Crippen LogP contribution in [0.15, 0.2) is 24.3 Å². The first kappa shape index (κ1) is 17.2. The highest BCUT2D eigenvalue weighted by atomic mass is 16.4. The standard InChI is InChI=1S/C19H23N3O3/c1-12-17(13(2)21(3)20-12)18(23)22-10-4-5-16(11-22)14-6-8-15(9-7-14)19(24)25/h6-9,16H,4-5,10-11H2,1-3H3,(H,24,25)/t16-/m1/s1. The third-order valence-corrected chi connectivity index (χ3v) is 5.06. The van der Waals surface area contributed by atoms with Crippen LogP contribution in [0.5, 0.6) is 0 Å². The predicted molar refractivity (Wildman–Crippen MR) is 94.0 cm³/mol. The summed E-state index contributed by atoms with van der Waals surface area (Å²) in [6, 6.07) is 6.99. The van der Waals surface area contributed by atoms with E-state index in [9.17, 15) is 9.59 Å². The van der Waals surface area contributed by atoms with Crippen molar-refractivity contribution in [2.75, 3.05) is 13.1 Å². The lowest BCUT2D eigenvalue weighted by molar-refractivity contribution is 0.0693. The monoisotopic (exact) mass is 341 g/mol. The Morgan fingerprint density at radius 2 is 1.88 bits per heavy atom. The van der Waals surface area contributed by atoms with Gasteiger partial charge in [-0.15, -0.1) is 0 Å². The van der Waals surface area contributed by atoms with Crippen LogP contribution in [-0.2, 0) is 7.05 Å². The zero-order valence-corrected chi connectivity index (χ0v) is 14.8. The summed E-state index contributed by atoms with van der Waals surface area (Å²) < 4.78 is 1.74. The average Bonchev–Trinajstić information content (AvgIpc) is 2.86. The summed E-state index contributed by atoms with van der Waals surface area (Å²) in [5.41, 5.74) is 3.72. The number of amides is 1. The summed E-state index contributed by atoms with van der Waals surface area (Å²) >= 11 is 0. The Balaban J connectivity index is 1.78. The van der Waals surface area contributed by atoms with Crippen LogP contribution in [-0.4, -0.2) is 44.8 Å². The Kier molecular flexibility index (Phi) is 4.61. The topological polar surface area (TPSA) is 75.4 Å². The molecule has 1 atom stereocenters. The minimum Gasteiger partial charge on any atom is -0.478 e. The van der Waals surface area contributed by atoms with Crippen molar-refractivity contribution in [1.82, 2.24) is 14.7 Å². The van der Waals surface area contributed by atoms with Gasteiger partial charge in [-0.25, -0.2) is 4.79 Å². The third kappa shape index (κ3) is 3.29. The molecule has 0 bridgehead atoms. The minimum atomic E-state index is -0.922. The second kappa shape index (κ2) is 6.70. The molecule has 1 aliphatic rings. The van der Waals surface area contributed by atoms with Gasteiger partial charge in [0.15, 0.2) is 0 Å². The highest BCUT2D eigenvalue weighted by Crippen LogP contribution is 2.28. The number of carboxylic acids is 1. The summed E-state index contributed by atoms with van der Waals surface area (Å²) in [4.78, 5) is 25.9. The van der Waals surface area contributed by atoms with E-state index in [1.807, 2.05) is 37.9 Å². The maximum absolute atomic E-state index is 13.0. The number of carbonyl (C=O) groups is 2. The Morgan fingerprint density at radius 1 is 1.20 bits per heavy atom. The lowest BCUT2D eigenvalue weighted by atomic mass is 9.89. The van der Waals surface area contributed by atoms with E-state index in [0.717, 1.165) is 36.3 Å². The van der Waals surface area contributed by atoms with Gasteiger partial charge < -0.3 is 10.0 Å². The lowest BCUT2D eigenvalue weighted by Gasteiger charge is -2.33. The van der Waals surface area contributed by atoms with Gasteiger partial charge in [0, 0.05) is 31.7 Å². The number of benzene rings is 1. The number of aryl methyl sites for hydroxylation is 2. The molecule has 1 fully saturated rings. The molecule has 1 saturated heterocycles. The Labute approximate surface area is 147 Å². The molecule has 6 heteroatoms. The lowest BCUT2D eigenvalue weighted by Crippen LogP contribution is -2.39. The van der Waals surface area contributed by atoms with Crippen molar-refractivity contribution >= 4 is 11.9 Å². The van der Waals surface area contributed by atoms with Crippen LogP contribution in [0.3, 0.4) is 0 Å². The van der Waals surface area contributed by atoms with Crippen molar-refractivity contribution in [2.24, 2.45) is 7.05 Å². The largest absolute Gasteiger partial charge is 0.478 e. The summed E-state index contributed by atoms with van der Waals surface area (Å²) in [6.07, 6.45) is 1.94. The molecule has 1 amide bonds. The number of nitrogens with zero attached hydrogens (tertiary/aromatic N) is 3. The Bertz CT molecular complexity index is 808. The molecule has 3 rings (SSSR count). The van der Waals surface area contributed by atoms with Crippen LogP contribution >= 0.6 is 0 Å². The van der Waals surface area contributed by atoms with Gasteiger partial charge in [-0.3, -0.25) is 9.48 Å². The summed E-state index contributed by atoms with van der Waals surface area (Å²) in [5, 5.41) is 13.4. The second-order valence-electron chi connectivity index (χ2n) is 6.69. The zero-order chi connectivity index (χ0) is 18.1. The van der Waals surface area contributed by atoms with E-state index in [2.05, 4.69) is 5.10 Å². The minimum absolute atomic E-state index is 0.0370. The van der Waals surface area contributed by atoms with E-state index in [0.29, 0.717) is 12.1 Å². The van der Waals surface area contributed by atoms with Crippen molar-refractivity contribution in [2.45, 2.75) is 32.6 Å². The quantitative estimate of drug-likeness (QED) is 0.931. The van der Waals surface area contributed by atoms with Gasteiger partial charge in [0.2, 0.25) is 0 Å². The molecule has 1 aromatic heterocycles. The van der Waals surface area contributed by atoms with Crippen LogP contribution in [0.25, 0.3) is 0 Å². The number of piperidine rings is 1. The fourth-order valence-corrected chi connectivity index (χ4v) is 3.57. The summed E-state index contributed by atoms with van der Waals surface area (Å²) in [6.45, 7) is 5.18. The van der Waals surface area contributed by atoms with Gasteiger partial charge in [0.25, 0.3) is 5.91 Å². The van der Waals surface area contributed by atoms with Crippen LogP contribution in [0.2, 0.25) is 0 Å². The first-order chi connectivity index (χ1) is 11.9. The maximum Gasteiger partial charge on any atom is 0.335 e. The average molecular weight is 341 g/mol. The molecule has 1 N–H and O–H groups in total. The summed E-state index contributed by atoms with van der Waals surface area (Å²) in [7, 11) is 1.85. The molecule has 132 valence electrons. The molecule has 0 unspecified atom stereocenters. The molecule has 6 nitrogen and oxygen atoms in total. The number of carbonyl (C=O) groups excluding carboxylic acids is 1. The highest BCUT2D eigenvalue weighted by molar-refractivity contribution is 5.96. The molecule has 1 aliphatic heterocycles. The summed E-state index contributed by atoms with van der Waals surface area (Å²) in [5.74, 6) is -0.651. The molecule has 0 aliphatic carbocycles. The number of aromatic nitrogens is 2. The van der Waals surface area contributed by atoms with Gasteiger partial charge in [-0.05, 0) is 44.4 Å². The van der Waals surface area contributed by atoms with E-state index in [-0.39, 0.29) is 17.4 Å². The van der Waals surface area contributed by atoms with Gasteiger partial charge in [0.1, 0.15) is 0 Å². The molecular weight excluding hydrogens is 318 g/mol. The zero-order valence-electron chi connectivity index (χ0n) is 14.8. The van der Waals surface area contributed by atoms with Crippen molar-refractivity contribution in [3.63, 3.8) is 0 Å². The van der Waals surface area contributed by atoms with E-state index in [4.69, 9.17) is 5.11 Å². The van der Waals surface area contributed by atoms with Crippen LogP contribution in [0.1, 0.15) is 56.4 Å². The molecule has 0 spiro atoms. The predicted octanol–water partition coefficient (Wildman–Crippen LogP) is 2.75. The van der Waals surface area contributed by atoms with Crippen molar-refractivity contribution in [3.05, 3.63) is 52.3 Å². The number of carboxylic acid groups (broad SMARTS) is 1. The van der Waals surface area contributed by atoms with Gasteiger partial charge in [-0.1, -0.05) is 12.1 Å². The van der Waals surface area contributed by atoms with E-state index in [1.165, 1.54) is 0 Å². The molecule has 2 aromatic rings. The number of likely N-dealkylation sites (tertiary alicyclic amines) is 1. The van der Waals surface area contributed by atoms with E-state index >= 15 is 0 Å². The number of rotatable bonds is 3. The molecule has 2 heterocycles. The molecule has 0 saturated carbocycles. The number of hydrogen-bond acceptors (Lipinski definition) is 3. The fraction of sp³-hybridized carbons (Fsp3) is 0.421. The number of aromatic carboxylic acids is 1. The smallest absolute Gasteiger partial charge is 0.335 e. The molecule has 25 heavy (non-hydrogen) atoms. The fourth-order valence-electron chi connectivity index (χ4n) is 3.57. The molecular formula is C19H23N3O3. The van der Waals surface area contributed by atoms with Crippen molar-refractivity contribution < 1.29 is 14.7 Å². The third-order valence-electron chi connectivity index (χ3n) is 5.06. The van der Waals surface area contributed by atoms with Gasteiger partial charge in [-0.2, -0.15) is 5.10 Å². The first-order valence-corrected chi connectivity index (χ1v) is 8.51. The Hall–Kier alpha value is -2.63. The van der Waals surface area contributed by atoms with E-state index < -0.39 is 5.97 Å². The first-order valence-electron chi connectivity index (χ1n) is 8.51. The van der Waals surface area contributed by atoms with Crippen LogP contribution in [0, 0.1) is 13.8 Å².